The van der Waals surface area contributed by atoms with E-state index in [9.17, 15) is 14.0 Å². The monoisotopic (exact) mass is 507 g/mol. The Morgan fingerprint density at radius 1 is 0.972 bits per heavy atom. The van der Waals surface area contributed by atoms with Crippen molar-refractivity contribution in [1.29, 1.82) is 0 Å². The second kappa shape index (κ2) is 9.11. The molecular formula is C26H23F2N5O2S. The molecule has 0 radical (unpaired) electrons. The average molecular weight is 508 g/mol. The lowest BCUT2D eigenvalue weighted by atomic mass is 10.0. The van der Waals surface area contributed by atoms with Crippen LogP contribution in [0.5, 0.6) is 0 Å². The van der Waals surface area contributed by atoms with Gasteiger partial charge in [-0.15, -0.1) is 11.3 Å². The number of rotatable bonds is 5. The van der Waals surface area contributed by atoms with Crippen LogP contribution in [0.25, 0.3) is 16.6 Å². The van der Waals surface area contributed by atoms with Crippen molar-refractivity contribution in [2.45, 2.75) is 18.5 Å². The Morgan fingerprint density at radius 3 is 2.50 bits per heavy atom. The Bertz CT molecular complexity index is 1430. The molecule has 1 N–H and O–H groups in total. The zero-order valence-corrected chi connectivity index (χ0v) is 20.0. The summed E-state index contributed by atoms with van der Waals surface area (Å²) in [5.74, 6) is -1.31. The van der Waals surface area contributed by atoms with E-state index in [1.807, 2.05) is 6.07 Å². The van der Waals surface area contributed by atoms with E-state index in [2.05, 4.69) is 10.3 Å². The zero-order chi connectivity index (χ0) is 24.8. The number of aromatic nitrogens is 2. The Labute approximate surface area is 210 Å². The number of fused-ring (bicyclic) bond motifs is 1. The van der Waals surface area contributed by atoms with Crippen molar-refractivity contribution >= 4 is 34.1 Å². The highest BCUT2D eigenvalue weighted by molar-refractivity contribution is 7.11. The molecule has 10 heteroatoms. The van der Waals surface area contributed by atoms with Crippen LogP contribution in [0.15, 0.2) is 60.2 Å². The Hall–Kier alpha value is -3.63. The summed E-state index contributed by atoms with van der Waals surface area (Å²) in [6.07, 6.45) is 4.25. The number of nitrogens with one attached hydrogen (secondary N) is 1. The number of thiazole rings is 1. The number of nitrogens with zero attached hydrogens (tertiary/aromatic N) is 4. The molecule has 2 amide bonds. The topological polar surface area (TPSA) is 70.5 Å². The van der Waals surface area contributed by atoms with Crippen LogP contribution in [0.2, 0.25) is 0 Å². The van der Waals surface area contributed by atoms with Crippen molar-refractivity contribution in [2.75, 3.05) is 26.2 Å². The van der Waals surface area contributed by atoms with Crippen molar-refractivity contribution < 1.29 is 18.4 Å². The maximum Gasteiger partial charge on any atom is 0.282 e. The van der Waals surface area contributed by atoms with Crippen LogP contribution in [-0.2, 0) is 0 Å². The Morgan fingerprint density at radius 2 is 1.75 bits per heavy atom. The maximum absolute atomic E-state index is 15.0. The summed E-state index contributed by atoms with van der Waals surface area (Å²) in [4.78, 5) is 33.0. The van der Waals surface area contributed by atoms with Crippen LogP contribution in [0.1, 0.15) is 26.6 Å². The molecule has 2 aromatic carbocycles. The first-order valence-electron chi connectivity index (χ1n) is 11.8. The molecule has 0 saturated carbocycles. The molecule has 0 aliphatic carbocycles. The van der Waals surface area contributed by atoms with Gasteiger partial charge in [-0.1, -0.05) is 0 Å². The number of hydrogen-bond donors (Lipinski definition) is 1. The lowest BCUT2D eigenvalue weighted by molar-refractivity contribution is 0.0548. The standard InChI is InChI=1S/C26H23F2N5O2S/c27-17-1-3-20(4-2-17)33-9-5-16-11-21(22(28)12-23(16)33)25(34)32-14-19(15-32)30-18-6-8-31(13-18)26(35)24-29-7-10-36-24/h1-5,7,9-12,18-19,30H,6,8,13-15H2. The smallest absolute Gasteiger partial charge is 0.282 e. The zero-order valence-electron chi connectivity index (χ0n) is 19.2. The maximum atomic E-state index is 15.0. The molecule has 184 valence electrons. The van der Waals surface area contributed by atoms with Gasteiger partial charge in [-0.3, -0.25) is 9.59 Å². The van der Waals surface area contributed by atoms with Crippen LogP contribution < -0.4 is 5.32 Å². The quantitative estimate of drug-likeness (QED) is 0.447. The van der Waals surface area contributed by atoms with Gasteiger partial charge >= 0.3 is 0 Å². The number of hydrogen-bond acceptors (Lipinski definition) is 5. The average Bonchev–Trinajstić information content (AvgIpc) is 3.61. The van der Waals surface area contributed by atoms with Crippen molar-refractivity contribution in [1.82, 2.24) is 24.7 Å². The summed E-state index contributed by atoms with van der Waals surface area (Å²) in [7, 11) is 0. The summed E-state index contributed by atoms with van der Waals surface area (Å²) in [5.41, 5.74) is 1.36. The molecule has 4 heterocycles. The van der Waals surface area contributed by atoms with Gasteiger partial charge in [0.2, 0.25) is 0 Å². The number of benzene rings is 2. The number of amides is 2. The minimum atomic E-state index is -0.585. The van der Waals surface area contributed by atoms with Gasteiger partial charge < -0.3 is 19.7 Å². The van der Waals surface area contributed by atoms with Crippen molar-refractivity contribution in [3.63, 3.8) is 0 Å². The summed E-state index contributed by atoms with van der Waals surface area (Å²) in [6.45, 7) is 2.26. The summed E-state index contributed by atoms with van der Waals surface area (Å²) >= 11 is 1.34. The summed E-state index contributed by atoms with van der Waals surface area (Å²) < 4.78 is 30.0. The van der Waals surface area contributed by atoms with E-state index in [0.29, 0.717) is 42.4 Å². The first kappa shape index (κ1) is 22.8. The minimum Gasteiger partial charge on any atom is -0.335 e. The fourth-order valence-electron chi connectivity index (χ4n) is 4.95. The predicted octanol–water partition coefficient (Wildman–Crippen LogP) is 3.69. The molecule has 2 aromatic heterocycles. The highest BCUT2D eigenvalue weighted by atomic mass is 32.1. The predicted molar refractivity (Wildman–Crippen MR) is 132 cm³/mol. The molecule has 2 aliphatic heterocycles. The Kier molecular flexibility index (Phi) is 5.77. The second-order valence-corrected chi connectivity index (χ2v) is 10.1. The van der Waals surface area contributed by atoms with Crippen LogP contribution in [0.3, 0.4) is 0 Å². The Balaban J connectivity index is 1.08. The van der Waals surface area contributed by atoms with Gasteiger partial charge in [0.15, 0.2) is 5.01 Å². The largest absolute Gasteiger partial charge is 0.335 e. The third-order valence-electron chi connectivity index (χ3n) is 6.85. The third kappa shape index (κ3) is 4.16. The van der Waals surface area contributed by atoms with E-state index in [1.165, 1.54) is 29.5 Å². The lowest BCUT2D eigenvalue weighted by Crippen LogP contribution is -2.62. The van der Waals surface area contributed by atoms with E-state index < -0.39 is 5.82 Å². The lowest BCUT2D eigenvalue weighted by Gasteiger charge is -2.41. The number of halogens is 2. The van der Waals surface area contributed by atoms with Crippen LogP contribution in [-0.4, -0.2) is 69.4 Å². The van der Waals surface area contributed by atoms with E-state index in [-0.39, 0.29) is 35.3 Å². The van der Waals surface area contributed by atoms with Crippen molar-refractivity contribution in [3.8, 4) is 5.69 Å². The second-order valence-electron chi connectivity index (χ2n) is 9.20. The highest BCUT2D eigenvalue weighted by Gasteiger charge is 2.36. The number of carbonyl (C=O) groups is 2. The van der Waals surface area contributed by atoms with Gasteiger partial charge in [0.25, 0.3) is 11.8 Å². The first-order chi connectivity index (χ1) is 17.5. The number of likely N-dealkylation sites (tertiary alicyclic amines) is 2. The number of carbonyl (C=O) groups excluding carboxylic acids is 2. The fraction of sp³-hybridized carbons (Fsp3) is 0.269. The summed E-state index contributed by atoms with van der Waals surface area (Å²) in [5, 5.41) is 6.55. The van der Waals surface area contributed by atoms with E-state index in [1.54, 1.807) is 50.3 Å². The van der Waals surface area contributed by atoms with E-state index in [0.717, 1.165) is 11.8 Å². The van der Waals surface area contributed by atoms with Crippen molar-refractivity contribution in [2.24, 2.45) is 0 Å². The molecule has 1 atom stereocenters. The third-order valence-corrected chi connectivity index (χ3v) is 7.61. The van der Waals surface area contributed by atoms with Crippen LogP contribution in [0.4, 0.5) is 8.78 Å². The van der Waals surface area contributed by atoms with Gasteiger partial charge in [-0.2, -0.15) is 0 Å². The van der Waals surface area contributed by atoms with Gasteiger partial charge in [-0.25, -0.2) is 13.8 Å². The van der Waals surface area contributed by atoms with E-state index >= 15 is 4.39 Å². The first-order valence-corrected chi connectivity index (χ1v) is 12.6. The summed E-state index contributed by atoms with van der Waals surface area (Å²) in [6, 6.07) is 11.0. The molecule has 2 saturated heterocycles. The molecule has 7 nitrogen and oxygen atoms in total. The molecule has 1 unspecified atom stereocenters. The normalized spacial score (nSPS) is 18.1. The fourth-order valence-corrected chi connectivity index (χ4v) is 5.55. The molecule has 36 heavy (non-hydrogen) atoms. The molecule has 6 rings (SSSR count). The SMILES string of the molecule is O=C(c1nccs1)N1CCC(NC2CN(C(=O)c3cc4ccn(-c5ccc(F)cc5)c4cc3F)C2)C1. The van der Waals surface area contributed by atoms with Crippen LogP contribution >= 0.6 is 11.3 Å². The van der Waals surface area contributed by atoms with Gasteiger partial charge in [0, 0.05) is 67.1 Å². The molecule has 0 bridgehead atoms. The van der Waals surface area contributed by atoms with Gasteiger partial charge in [-0.05, 0) is 48.9 Å². The van der Waals surface area contributed by atoms with Crippen molar-refractivity contribution in [3.05, 3.63) is 82.4 Å². The molecular weight excluding hydrogens is 484 g/mol. The van der Waals surface area contributed by atoms with Gasteiger partial charge in [0.05, 0.1) is 11.1 Å². The molecule has 2 fully saturated rings. The highest BCUT2D eigenvalue weighted by Crippen LogP contribution is 2.26. The van der Waals surface area contributed by atoms with E-state index in [4.69, 9.17) is 0 Å². The molecule has 4 aromatic rings. The van der Waals surface area contributed by atoms with Crippen LogP contribution in [0, 0.1) is 11.6 Å². The molecule has 0 spiro atoms. The van der Waals surface area contributed by atoms with Gasteiger partial charge in [0.1, 0.15) is 11.6 Å². The minimum absolute atomic E-state index is 0.0406. The molecule has 2 aliphatic rings.